The van der Waals surface area contributed by atoms with E-state index in [4.69, 9.17) is 10.5 Å². The first kappa shape index (κ1) is 12.3. The molecule has 0 bridgehead atoms. The summed E-state index contributed by atoms with van der Waals surface area (Å²) >= 11 is 1.10. The van der Waals surface area contributed by atoms with E-state index in [9.17, 15) is 8.78 Å². The van der Waals surface area contributed by atoms with Crippen LogP contribution >= 0.6 is 11.8 Å². The summed E-state index contributed by atoms with van der Waals surface area (Å²) < 4.78 is 31.5. The summed E-state index contributed by atoms with van der Waals surface area (Å²) in [5.41, 5.74) is 5.40. The third-order valence-corrected chi connectivity index (χ3v) is 2.91. The highest BCUT2D eigenvalue weighted by Crippen LogP contribution is 2.30. The molecule has 2 N–H and O–H groups in total. The van der Waals surface area contributed by atoms with Gasteiger partial charge >= 0.3 is 0 Å². The van der Waals surface area contributed by atoms with Crippen molar-refractivity contribution in [2.24, 2.45) is 0 Å². The molecule has 1 unspecified atom stereocenters. The molecule has 0 saturated carbocycles. The zero-order valence-electron chi connectivity index (χ0n) is 8.59. The lowest BCUT2D eigenvalue weighted by Crippen LogP contribution is -2.06. The van der Waals surface area contributed by atoms with E-state index in [1.807, 2.05) is 6.92 Å². The number of rotatable bonds is 4. The molecular weight excluding hydrogens is 220 g/mol. The van der Waals surface area contributed by atoms with Crippen molar-refractivity contribution in [1.82, 2.24) is 0 Å². The Morgan fingerprint density at radius 3 is 2.40 bits per heavy atom. The molecule has 0 saturated heterocycles. The molecule has 0 radical (unpaired) electrons. The van der Waals surface area contributed by atoms with Crippen molar-refractivity contribution in [2.45, 2.75) is 17.1 Å². The van der Waals surface area contributed by atoms with Gasteiger partial charge in [-0.1, -0.05) is 6.92 Å². The minimum Gasteiger partial charge on any atom is -0.399 e. The van der Waals surface area contributed by atoms with Crippen molar-refractivity contribution in [3.8, 4) is 0 Å². The van der Waals surface area contributed by atoms with E-state index in [-0.39, 0.29) is 15.8 Å². The van der Waals surface area contributed by atoms with Crippen LogP contribution in [-0.4, -0.2) is 19.0 Å². The number of hydrogen-bond acceptors (Lipinski definition) is 3. The molecule has 1 aromatic carbocycles. The molecule has 0 aliphatic rings. The van der Waals surface area contributed by atoms with E-state index < -0.39 is 11.6 Å². The van der Waals surface area contributed by atoms with Gasteiger partial charge in [-0.25, -0.2) is 8.78 Å². The molecule has 0 aromatic heterocycles. The molecule has 2 nitrogen and oxygen atoms in total. The van der Waals surface area contributed by atoms with Gasteiger partial charge in [-0.2, -0.15) is 0 Å². The van der Waals surface area contributed by atoms with Gasteiger partial charge in [0, 0.05) is 18.0 Å². The quantitative estimate of drug-likeness (QED) is 0.641. The maximum absolute atomic E-state index is 13.3. The van der Waals surface area contributed by atoms with Crippen molar-refractivity contribution >= 4 is 17.4 Å². The summed E-state index contributed by atoms with van der Waals surface area (Å²) in [7, 11) is 1.55. The zero-order chi connectivity index (χ0) is 11.4. The molecule has 0 spiro atoms. The molecule has 0 amide bonds. The normalized spacial score (nSPS) is 12.8. The van der Waals surface area contributed by atoms with E-state index in [0.717, 1.165) is 23.9 Å². The van der Waals surface area contributed by atoms with Gasteiger partial charge in [0.05, 0.1) is 11.5 Å². The van der Waals surface area contributed by atoms with E-state index in [0.29, 0.717) is 6.61 Å². The lowest BCUT2D eigenvalue weighted by Gasteiger charge is -2.11. The number of nitrogen functional groups attached to an aromatic ring is 1. The number of nitrogens with two attached hydrogens (primary N) is 1. The number of thioether (sulfide) groups is 1. The van der Waals surface area contributed by atoms with Crippen molar-refractivity contribution in [3.63, 3.8) is 0 Å². The van der Waals surface area contributed by atoms with Crippen LogP contribution in [0, 0.1) is 11.6 Å². The Hall–Kier alpha value is -0.810. The zero-order valence-corrected chi connectivity index (χ0v) is 9.41. The highest BCUT2D eigenvalue weighted by molar-refractivity contribution is 8.00. The lowest BCUT2D eigenvalue weighted by atomic mass is 10.3. The smallest absolute Gasteiger partial charge is 0.141 e. The second kappa shape index (κ2) is 5.32. The summed E-state index contributed by atoms with van der Waals surface area (Å²) in [5, 5.41) is -0.0115. The van der Waals surface area contributed by atoms with Gasteiger partial charge in [-0.15, -0.1) is 11.8 Å². The Labute approximate surface area is 91.8 Å². The third-order valence-electron chi connectivity index (χ3n) is 1.74. The topological polar surface area (TPSA) is 35.2 Å². The minimum absolute atomic E-state index is 0.00579. The molecule has 0 heterocycles. The minimum atomic E-state index is -0.625. The number of hydrogen-bond donors (Lipinski definition) is 1. The van der Waals surface area contributed by atoms with Crippen molar-refractivity contribution in [2.75, 3.05) is 19.5 Å². The Kier molecular flexibility index (Phi) is 4.35. The van der Waals surface area contributed by atoms with Crippen molar-refractivity contribution in [3.05, 3.63) is 23.8 Å². The molecule has 15 heavy (non-hydrogen) atoms. The van der Waals surface area contributed by atoms with Gasteiger partial charge in [0.1, 0.15) is 11.6 Å². The van der Waals surface area contributed by atoms with Crippen LogP contribution in [0.15, 0.2) is 17.0 Å². The van der Waals surface area contributed by atoms with E-state index in [1.54, 1.807) is 7.11 Å². The maximum atomic E-state index is 13.3. The fourth-order valence-corrected chi connectivity index (χ4v) is 2.11. The first-order valence-corrected chi connectivity index (χ1v) is 5.32. The molecule has 0 fully saturated rings. The Bertz CT molecular complexity index is 323. The number of halogens is 2. The van der Waals surface area contributed by atoms with Crippen LogP contribution in [-0.2, 0) is 4.74 Å². The average Bonchev–Trinajstić information content (AvgIpc) is 2.11. The highest BCUT2D eigenvalue weighted by Gasteiger charge is 2.14. The fraction of sp³-hybridized carbons (Fsp3) is 0.400. The molecule has 5 heteroatoms. The molecule has 0 aliphatic carbocycles. The lowest BCUT2D eigenvalue weighted by molar-refractivity contribution is 0.203. The van der Waals surface area contributed by atoms with Crippen LogP contribution in [0.1, 0.15) is 6.92 Å². The second-order valence-corrected chi connectivity index (χ2v) is 4.65. The SMILES string of the molecule is COCC(C)Sc1c(F)cc(N)cc1F. The van der Waals surface area contributed by atoms with Crippen molar-refractivity contribution in [1.29, 1.82) is 0 Å². The van der Waals surface area contributed by atoms with Gasteiger partial charge in [0.2, 0.25) is 0 Å². The molecule has 84 valence electrons. The third kappa shape index (κ3) is 3.35. The van der Waals surface area contributed by atoms with Crippen LogP contribution in [0.3, 0.4) is 0 Å². The summed E-state index contributed by atoms with van der Waals surface area (Å²) in [5.74, 6) is -1.25. The summed E-state index contributed by atoms with van der Waals surface area (Å²) in [6.45, 7) is 2.28. The first-order chi connectivity index (χ1) is 7.04. The predicted octanol–water partition coefficient (Wildman–Crippen LogP) is 2.67. The first-order valence-electron chi connectivity index (χ1n) is 4.44. The van der Waals surface area contributed by atoms with Crippen molar-refractivity contribution < 1.29 is 13.5 Å². The fourth-order valence-electron chi connectivity index (χ4n) is 1.16. The largest absolute Gasteiger partial charge is 0.399 e. The average molecular weight is 233 g/mol. The molecule has 1 rings (SSSR count). The van der Waals surface area contributed by atoms with Crippen LogP contribution in [0.4, 0.5) is 14.5 Å². The molecule has 1 atom stereocenters. The molecular formula is C10H13F2NOS. The number of ether oxygens (including phenoxy) is 1. The van der Waals surface area contributed by atoms with Gasteiger partial charge in [-0.05, 0) is 12.1 Å². The van der Waals surface area contributed by atoms with E-state index >= 15 is 0 Å². The summed E-state index contributed by atoms with van der Waals surface area (Å²) in [6.07, 6.45) is 0. The number of anilines is 1. The highest BCUT2D eigenvalue weighted by atomic mass is 32.2. The maximum Gasteiger partial charge on any atom is 0.141 e. The number of benzene rings is 1. The van der Waals surface area contributed by atoms with Gasteiger partial charge < -0.3 is 10.5 Å². The molecule has 0 aliphatic heterocycles. The predicted molar refractivity (Wildman–Crippen MR) is 58.0 cm³/mol. The summed E-state index contributed by atoms with van der Waals surface area (Å²) in [6, 6.07) is 2.23. The second-order valence-electron chi connectivity index (χ2n) is 3.20. The van der Waals surface area contributed by atoms with Crippen LogP contribution in [0.25, 0.3) is 0 Å². The summed E-state index contributed by atoms with van der Waals surface area (Å²) in [4.78, 5) is -0.00579. The number of methoxy groups -OCH3 is 1. The Morgan fingerprint density at radius 2 is 1.93 bits per heavy atom. The van der Waals surface area contributed by atoms with E-state index in [2.05, 4.69) is 0 Å². The monoisotopic (exact) mass is 233 g/mol. The Morgan fingerprint density at radius 1 is 1.40 bits per heavy atom. The van der Waals surface area contributed by atoms with Crippen LogP contribution in [0.5, 0.6) is 0 Å². The molecule has 1 aromatic rings. The van der Waals surface area contributed by atoms with Gasteiger partial charge in [0.25, 0.3) is 0 Å². The van der Waals surface area contributed by atoms with Gasteiger partial charge in [-0.3, -0.25) is 0 Å². The standard InChI is InChI=1S/C10H13F2NOS/c1-6(5-14-2)15-10-8(11)3-7(13)4-9(10)12/h3-4,6H,5,13H2,1-2H3. The van der Waals surface area contributed by atoms with Crippen LogP contribution in [0.2, 0.25) is 0 Å². The van der Waals surface area contributed by atoms with Crippen LogP contribution < -0.4 is 5.73 Å². The van der Waals surface area contributed by atoms with E-state index in [1.165, 1.54) is 0 Å². The van der Waals surface area contributed by atoms with Gasteiger partial charge in [0.15, 0.2) is 0 Å². The Balaban J connectivity index is 2.85.